The van der Waals surface area contributed by atoms with Gasteiger partial charge in [0.2, 0.25) is 0 Å². The van der Waals surface area contributed by atoms with Crippen LogP contribution in [0.15, 0.2) is 47.4 Å². The normalized spacial score (nSPS) is 14.7. The maximum atomic E-state index is 13.1. The molecule has 142 valence electrons. The topological polar surface area (TPSA) is 70.0 Å². The number of carbonyl (C=O) groups excluding carboxylic acids is 1. The fourth-order valence-electron chi connectivity index (χ4n) is 2.89. The Bertz CT molecular complexity index is 897. The van der Waals surface area contributed by atoms with Crippen LogP contribution >= 0.6 is 0 Å². The third kappa shape index (κ3) is 4.20. The Hall–Kier alpha value is -3.06. The number of methoxy groups -OCH3 is 2. The van der Waals surface area contributed by atoms with Crippen LogP contribution < -0.4 is 15.0 Å². The van der Waals surface area contributed by atoms with E-state index in [1.165, 1.54) is 10.6 Å². The van der Waals surface area contributed by atoms with E-state index in [4.69, 9.17) is 14.2 Å². The number of morpholine rings is 1. The van der Waals surface area contributed by atoms with E-state index in [2.05, 4.69) is 0 Å². The van der Waals surface area contributed by atoms with Gasteiger partial charge in [0.1, 0.15) is 5.70 Å². The lowest BCUT2D eigenvalue weighted by Crippen LogP contribution is -2.42. The van der Waals surface area contributed by atoms with Crippen molar-refractivity contribution in [2.75, 3.05) is 40.5 Å². The molecule has 7 nitrogen and oxygen atoms in total. The summed E-state index contributed by atoms with van der Waals surface area (Å²) in [4.78, 5) is 27.2. The second-order valence-electron chi connectivity index (χ2n) is 5.96. The molecule has 0 bridgehead atoms. The van der Waals surface area contributed by atoms with E-state index < -0.39 is 0 Å². The molecule has 1 aliphatic heterocycles. The maximum Gasteiger partial charge on any atom is 0.271 e. The summed E-state index contributed by atoms with van der Waals surface area (Å²) in [5.74, 6) is 0.916. The highest BCUT2D eigenvalue weighted by atomic mass is 16.5. The number of pyridine rings is 1. The second-order valence-corrected chi connectivity index (χ2v) is 5.96. The molecule has 1 amide bonds. The average Bonchev–Trinajstić information content (AvgIpc) is 2.72. The summed E-state index contributed by atoms with van der Waals surface area (Å²) >= 11 is 0. The van der Waals surface area contributed by atoms with Gasteiger partial charge in [-0.05, 0) is 29.8 Å². The molecule has 0 unspecified atom stereocenters. The molecule has 3 rings (SSSR count). The minimum atomic E-state index is -0.272. The van der Waals surface area contributed by atoms with Crippen molar-refractivity contribution in [2.24, 2.45) is 0 Å². The lowest BCUT2D eigenvalue weighted by Gasteiger charge is -2.28. The molecule has 1 fully saturated rings. The van der Waals surface area contributed by atoms with Gasteiger partial charge in [-0.25, -0.2) is 0 Å². The maximum absolute atomic E-state index is 13.1. The third-order valence-electron chi connectivity index (χ3n) is 4.31. The lowest BCUT2D eigenvalue weighted by molar-refractivity contribution is -0.129. The first kappa shape index (κ1) is 18.7. The van der Waals surface area contributed by atoms with Crippen LogP contribution in [0.1, 0.15) is 5.56 Å². The smallest absolute Gasteiger partial charge is 0.271 e. The number of aromatic nitrogens is 1. The average molecular weight is 370 g/mol. The summed E-state index contributed by atoms with van der Waals surface area (Å²) < 4.78 is 17.3. The van der Waals surface area contributed by atoms with Crippen molar-refractivity contribution < 1.29 is 19.0 Å². The van der Waals surface area contributed by atoms with E-state index in [9.17, 15) is 9.59 Å². The van der Waals surface area contributed by atoms with Gasteiger partial charge < -0.3 is 19.1 Å². The van der Waals surface area contributed by atoms with E-state index in [0.717, 1.165) is 5.56 Å². The van der Waals surface area contributed by atoms with Crippen LogP contribution in [0, 0.1) is 0 Å². The first-order valence-corrected chi connectivity index (χ1v) is 8.63. The van der Waals surface area contributed by atoms with E-state index in [1.54, 1.807) is 55.7 Å². The van der Waals surface area contributed by atoms with E-state index in [1.807, 2.05) is 6.07 Å². The molecule has 2 aromatic rings. The molecule has 0 atom stereocenters. The zero-order valence-electron chi connectivity index (χ0n) is 15.4. The predicted molar refractivity (Wildman–Crippen MR) is 102 cm³/mol. The van der Waals surface area contributed by atoms with Crippen molar-refractivity contribution in [3.8, 4) is 11.5 Å². The Morgan fingerprint density at radius 3 is 2.48 bits per heavy atom. The minimum Gasteiger partial charge on any atom is -0.493 e. The third-order valence-corrected chi connectivity index (χ3v) is 4.31. The lowest BCUT2D eigenvalue weighted by atomic mass is 10.1. The molecule has 0 N–H and O–H groups in total. The van der Waals surface area contributed by atoms with Crippen molar-refractivity contribution in [3.05, 3.63) is 58.5 Å². The van der Waals surface area contributed by atoms with E-state index in [0.29, 0.717) is 37.8 Å². The van der Waals surface area contributed by atoms with Crippen molar-refractivity contribution in [1.82, 2.24) is 9.47 Å². The Morgan fingerprint density at radius 1 is 1.07 bits per heavy atom. The number of carbonyl (C=O) groups is 1. The molecular weight excluding hydrogens is 348 g/mol. The molecule has 27 heavy (non-hydrogen) atoms. The van der Waals surface area contributed by atoms with Gasteiger partial charge in [0.25, 0.3) is 11.5 Å². The molecule has 1 aliphatic rings. The van der Waals surface area contributed by atoms with Gasteiger partial charge in [-0.1, -0.05) is 12.1 Å². The Morgan fingerprint density at radius 2 is 1.81 bits per heavy atom. The Balaban J connectivity index is 2.06. The summed E-state index contributed by atoms with van der Waals surface area (Å²) in [6, 6.07) is 10.1. The van der Waals surface area contributed by atoms with Crippen molar-refractivity contribution >= 4 is 17.7 Å². The Kier molecular flexibility index (Phi) is 5.93. The number of benzene rings is 1. The highest BCUT2D eigenvalue weighted by Crippen LogP contribution is 2.29. The summed E-state index contributed by atoms with van der Waals surface area (Å²) in [6.45, 7) is 1.95. The predicted octanol–water partition coefficient (Wildman–Crippen LogP) is 1.72. The SMILES string of the molecule is COc1ccc(C=C(C(=O)N2CCOCC2)n2ccccc2=O)cc1OC. The molecule has 0 spiro atoms. The zero-order chi connectivity index (χ0) is 19.2. The molecule has 2 heterocycles. The van der Waals surface area contributed by atoms with Gasteiger partial charge in [0, 0.05) is 25.4 Å². The molecule has 1 aromatic carbocycles. The summed E-state index contributed by atoms with van der Waals surface area (Å²) in [5.41, 5.74) is 0.723. The zero-order valence-corrected chi connectivity index (χ0v) is 15.4. The first-order valence-electron chi connectivity index (χ1n) is 8.63. The van der Waals surface area contributed by atoms with E-state index in [-0.39, 0.29) is 17.2 Å². The van der Waals surface area contributed by atoms with Crippen LogP contribution in [-0.4, -0.2) is 55.9 Å². The fourth-order valence-corrected chi connectivity index (χ4v) is 2.89. The number of hydrogen-bond donors (Lipinski definition) is 0. The highest BCUT2D eigenvalue weighted by Gasteiger charge is 2.22. The monoisotopic (exact) mass is 370 g/mol. The van der Waals surface area contributed by atoms with Gasteiger partial charge in [-0.2, -0.15) is 0 Å². The van der Waals surface area contributed by atoms with Crippen LogP contribution in [0.2, 0.25) is 0 Å². The second kappa shape index (κ2) is 8.55. The van der Waals surface area contributed by atoms with Crippen LogP contribution in [0.5, 0.6) is 11.5 Å². The van der Waals surface area contributed by atoms with Crippen LogP contribution in [-0.2, 0) is 9.53 Å². The van der Waals surface area contributed by atoms with Gasteiger partial charge in [0.15, 0.2) is 11.5 Å². The summed E-state index contributed by atoms with van der Waals surface area (Å²) in [6.07, 6.45) is 3.27. The summed E-state index contributed by atoms with van der Waals surface area (Å²) in [7, 11) is 3.11. The van der Waals surface area contributed by atoms with Crippen LogP contribution in [0.3, 0.4) is 0 Å². The number of amides is 1. The van der Waals surface area contributed by atoms with Gasteiger partial charge >= 0.3 is 0 Å². The molecule has 0 radical (unpaired) electrons. The van der Waals surface area contributed by atoms with E-state index >= 15 is 0 Å². The number of nitrogens with zero attached hydrogens (tertiary/aromatic N) is 2. The molecule has 1 aromatic heterocycles. The van der Waals surface area contributed by atoms with Gasteiger partial charge in [0.05, 0.1) is 27.4 Å². The molecule has 0 saturated carbocycles. The minimum absolute atomic E-state index is 0.221. The quantitative estimate of drug-likeness (QED) is 0.750. The molecule has 0 aliphatic carbocycles. The number of ether oxygens (including phenoxy) is 3. The van der Waals surface area contributed by atoms with Crippen molar-refractivity contribution in [3.63, 3.8) is 0 Å². The molecule has 7 heteroatoms. The van der Waals surface area contributed by atoms with Crippen molar-refractivity contribution in [1.29, 1.82) is 0 Å². The van der Waals surface area contributed by atoms with Crippen LogP contribution in [0.25, 0.3) is 11.8 Å². The largest absolute Gasteiger partial charge is 0.493 e. The Labute approximate surface area is 157 Å². The van der Waals surface area contributed by atoms with Gasteiger partial charge in [-0.15, -0.1) is 0 Å². The molecule has 1 saturated heterocycles. The standard InChI is InChI=1S/C20H22N2O5/c1-25-17-7-6-15(14-18(17)26-2)13-16(22-8-4-3-5-19(22)23)20(24)21-9-11-27-12-10-21/h3-8,13-14H,9-12H2,1-2H3. The fraction of sp³-hybridized carbons (Fsp3) is 0.300. The van der Waals surface area contributed by atoms with Crippen LogP contribution in [0.4, 0.5) is 0 Å². The number of rotatable bonds is 5. The van der Waals surface area contributed by atoms with Crippen molar-refractivity contribution in [2.45, 2.75) is 0 Å². The summed E-state index contributed by atoms with van der Waals surface area (Å²) in [5, 5.41) is 0. The van der Waals surface area contributed by atoms with Gasteiger partial charge in [-0.3, -0.25) is 14.2 Å². The highest BCUT2D eigenvalue weighted by molar-refractivity contribution is 6.18. The first-order chi connectivity index (χ1) is 13.1. The molecular formula is C20H22N2O5. The number of hydrogen-bond acceptors (Lipinski definition) is 5.